The Balaban J connectivity index is 2.08. The first-order valence-electron chi connectivity index (χ1n) is 13.1. The molecule has 9 heteroatoms. The van der Waals surface area contributed by atoms with Gasteiger partial charge in [-0.05, 0) is 62.1 Å². The van der Waals surface area contributed by atoms with Crippen LogP contribution in [0, 0.1) is 13.8 Å². The lowest BCUT2D eigenvalue weighted by Crippen LogP contribution is -2.52. The zero-order chi connectivity index (χ0) is 28.6. The van der Waals surface area contributed by atoms with Crippen molar-refractivity contribution in [2.45, 2.75) is 58.0 Å². The van der Waals surface area contributed by atoms with Crippen molar-refractivity contribution in [2.75, 3.05) is 17.4 Å². The highest BCUT2D eigenvalue weighted by Crippen LogP contribution is 2.31. The van der Waals surface area contributed by atoms with Crippen molar-refractivity contribution in [3.8, 4) is 0 Å². The minimum absolute atomic E-state index is 0.0580. The van der Waals surface area contributed by atoms with E-state index in [1.54, 1.807) is 37.3 Å². The molecule has 1 unspecified atom stereocenters. The van der Waals surface area contributed by atoms with E-state index in [1.807, 2.05) is 51.1 Å². The van der Waals surface area contributed by atoms with Gasteiger partial charge in [-0.1, -0.05) is 79.5 Å². The van der Waals surface area contributed by atoms with Gasteiger partial charge in [0.05, 0.1) is 10.6 Å². The Hall–Kier alpha value is -3.36. The molecule has 3 aromatic carbocycles. The van der Waals surface area contributed by atoms with Crippen molar-refractivity contribution in [3.63, 3.8) is 0 Å². The van der Waals surface area contributed by atoms with Gasteiger partial charge in [0.15, 0.2) is 0 Å². The van der Waals surface area contributed by atoms with Crippen LogP contribution in [0.15, 0.2) is 77.7 Å². The molecule has 0 saturated carbocycles. The fourth-order valence-corrected chi connectivity index (χ4v) is 5.92. The van der Waals surface area contributed by atoms with Gasteiger partial charge in [-0.15, -0.1) is 0 Å². The van der Waals surface area contributed by atoms with Crippen LogP contribution in [-0.2, 0) is 26.2 Å². The second kappa shape index (κ2) is 13.6. The van der Waals surface area contributed by atoms with E-state index in [-0.39, 0.29) is 17.3 Å². The van der Waals surface area contributed by atoms with Gasteiger partial charge in [0.1, 0.15) is 12.6 Å². The van der Waals surface area contributed by atoms with E-state index in [2.05, 4.69) is 5.32 Å². The van der Waals surface area contributed by atoms with Gasteiger partial charge in [-0.25, -0.2) is 8.42 Å². The number of nitrogens with one attached hydrogen (secondary N) is 1. The van der Waals surface area contributed by atoms with Crippen LogP contribution < -0.4 is 9.62 Å². The molecule has 1 atom stereocenters. The molecule has 0 fully saturated rings. The number of hydrogen-bond acceptors (Lipinski definition) is 4. The Morgan fingerprint density at radius 3 is 2.21 bits per heavy atom. The zero-order valence-corrected chi connectivity index (χ0v) is 24.4. The summed E-state index contributed by atoms with van der Waals surface area (Å²) in [6.45, 7) is 7.52. The Kier molecular flexibility index (Phi) is 10.5. The van der Waals surface area contributed by atoms with Crippen LogP contribution in [-0.4, -0.2) is 44.3 Å². The Morgan fingerprint density at radius 2 is 1.59 bits per heavy atom. The maximum Gasteiger partial charge on any atom is 0.264 e. The summed E-state index contributed by atoms with van der Waals surface area (Å²) in [6.07, 6.45) is 1.13. The normalized spacial score (nSPS) is 12.0. The minimum Gasteiger partial charge on any atom is -0.354 e. The first kappa shape index (κ1) is 30.2. The van der Waals surface area contributed by atoms with E-state index in [1.165, 1.54) is 17.0 Å². The van der Waals surface area contributed by atoms with Gasteiger partial charge < -0.3 is 10.2 Å². The van der Waals surface area contributed by atoms with E-state index < -0.39 is 28.5 Å². The molecule has 3 rings (SSSR count). The second-order valence-corrected chi connectivity index (χ2v) is 11.7. The number of hydrogen-bond donors (Lipinski definition) is 1. The predicted molar refractivity (Wildman–Crippen MR) is 156 cm³/mol. The van der Waals surface area contributed by atoms with E-state index in [0.717, 1.165) is 21.9 Å². The molecule has 0 aliphatic heterocycles. The molecule has 3 aromatic rings. The van der Waals surface area contributed by atoms with Crippen molar-refractivity contribution in [3.05, 3.63) is 94.5 Å². The SMILES string of the molecule is CCCNC(=O)C(CC)N(Cc1ccccc1)C(=O)CN(c1cccc(Cl)c1C)S(=O)(=O)c1ccc(C)cc1. The van der Waals surface area contributed by atoms with E-state index in [0.29, 0.717) is 29.2 Å². The van der Waals surface area contributed by atoms with Gasteiger partial charge in [0.25, 0.3) is 10.0 Å². The molecule has 39 heavy (non-hydrogen) atoms. The molecule has 0 heterocycles. The lowest BCUT2D eigenvalue weighted by molar-refractivity contribution is -0.140. The van der Waals surface area contributed by atoms with Crippen LogP contribution in [0.2, 0.25) is 5.02 Å². The number of rotatable bonds is 12. The fraction of sp³-hybridized carbons (Fsp3) is 0.333. The third-order valence-electron chi connectivity index (χ3n) is 6.53. The smallest absolute Gasteiger partial charge is 0.264 e. The number of halogens is 1. The van der Waals surface area contributed by atoms with Gasteiger partial charge in [0.2, 0.25) is 11.8 Å². The van der Waals surface area contributed by atoms with Gasteiger partial charge >= 0.3 is 0 Å². The number of anilines is 1. The summed E-state index contributed by atoms with van der Waals surface area (Å²) in [5.41, 5.74) is 2.58. The summed E-state index contributed by atoms with van der Waals surface area (Å²) >= 11 is 6.37. The molecule has 2 amide bonds. The van der Waals surface area contributed by atoms with Crippen LogP contribution in [0.1, 0.15) is 43.4 Å². The van der Waals surface area contributed by atoms with Crippen molar-refractivity contribution in [2.24, 2.45) is 0 Å². The third kappa shape index (κ3) is 7.40. The van der Waals surface area contributed by atoms with E-state index in [4.69, 9.17) is 11.6 Å². The first-order valence-corrected chi connectivity index (χ1v) is 14.9. The van der Waals surface area contributed by atoms with Crippen LogP contribution in [0.4, 0.5) is 5.69 Å². The Morgan fingerprint density at radius 1 is 0.923 bits per heavy atom. The van der Waals surface area contributed by atoms with Crippen LogP contribution in [0.25, 0.3) is 0 Å². The quantitative estimate of drug-likeness (QED) is 0.313. The number of carbonyl (C=O) groups excluding carboxylic acids is 2. The summed E-state index contributed by atoms with van der Waals surface area (Å²) in [7, 11) is -4.15. The number of sulfonamides is 1. The molecule has 0 radical (unpaired) electrons. The maximum atomic E-state index is 14.0. The molecular formula is C30H36ClN3O4S. The van der Waals surface area contributed by atoms with E-state index in [9.17, 15) is 18.0 Å². The lowest BCUT2D eigenvalue weighted by atomic mass is 10.1. The average molecular weight is 570 g/mol. The summed E-state index contributed by atoms with van der Waals surface area (Å²) in [6, 6.07) is 20.0. The van der Waals surface area contributed by atoms with Crippen LogP contribution in [0.3, 0.4) is 0 Å². The monoisotopic (exact) mass is 569 g/mol. The van der Waals surface area contributed by atoms with Crippen molar-refractivity contribution >= 4 is 39.1 Å². The molecule has 7 nitrogen and oxygen atoms in total. The predicted octanol–water partition coefficient (Wildman–Crippen LogP) is 5.49. The molecule has 0 aliphatic carbocycles. The summed E-state index contributed by atoms with van der Waals surface area (Å²) in [5.74, 6) is -0.761. The van der Waals surface area contributed by atoms with Crippen LogP contribution in [0.5, 0.6) is 0 Å². The minimum atomic E-state index is -4.15. The molecule has 208 valence electrons. The fourth-order valence-electron chi connectivity index (χ4n) is 4.28. The number of amides is 2. The van der Waals surface area contributed by atoms with E-state index >= 15 is 0 Å². The average Bonchev–Trinajstić information content (AvgIpc) is 2.92. The molecule has 0 aliphatic rings. The highest BCUT2D eigenvalue weighted by atomic mass is 35.5. The highest BCUT2D eigenvalue weighted by Gasteiger charge is 2.34. The van der Waals surface area contributed by atoms with Crippen molar-refractivity contribution < 1.29 is 18.0 Å². The van der Waals surface area contributed by atoms with Crippen molar-refractivity contribution in [1.29, 1.82) is 0 Å². The first-order chi connectivity index (χ1) is 18.6. The molecule has 0 saturated heterocycles. The Labute approximate surface area is 236 Å². The molecule has 1 N–H and O–H groups in total. The number of carbonyl (C=O) groups is 2. The second-order valence-electron chi connectivity index (χ2n) is 9.43. The van der Waals surface area contributed by atoms with Gasteiger partial charge in [-0.2, -0.15) is 0 Å². The lowest BCUT2D eigenvalue weighted by Gasteiger charge is -2.33. The zero-order valence-electron chi connectivity index (χ0n) is 22.9. The van der Waals surface area contributed by atoms with Crippen LogP contribution >= 0.6 is 11.6 Å². The topological polar surface area (TPSA) is 86.8 Å². The molecule has 0 bridgehead atoms. The number of aryl methyl sites for hydroxylation is 1. The maximum absolute atomic E-state index is 14.0. The summed E-state index contributed by atoms with van der Waals surface area (Å²) in [5, 5.41) is 3.27. The molecule has 0 aromatic heterocycles. The standard InChI is InChI=1S/C30H36ClN3O4S/c1-5-19-32-30(36)27(6-2)33(20-24-11-8-7-9-12-24)29(35)21-34(28-14-10-13-26(31)23(28)4)39(37,38)25-17-15-22(3)16-18-25/h7-18,27H,5-6,19-21H2,1-4H3,(H,32,36). The number of nitrogens with zero attached hydrogens (tertiary/aromatic N) is 2. The summed E-state index contributed by atoms with van der Waals surface area (Å²) in [4.78, 5) is 28.7. The largest absolute Gasteiger partial charge is 0.354 e. The number of benzene rings is 3. The summed E-state index contributed by atoms with van der Waals surface area (Å²) < 4.78 is 29.0. The third-order valence-corrected chi connectivity index (χ3v) is 8.71. The molecular weight excluding hydrogens is 534 g/mol. The van der Waals surface area contributed by atoms with Gasteiger partial charge in [-0.3, -0.25) is 13.9 Å². The highest BCUT2D eigenvalue weighted by molar-refractivity contribution is 7.92. The molecule has 0 spiro atoms. The Bertz CT molecular complexity index is 1380. The van der Waals surface area contributed by atoms with Gasteiger partial charge in [0, 0.05) is 18.1 Å². The van der Waals surface area contributed by atoms with Crippen molar-refractivity contribution in [1.82, 2.24) is 10.2 Å².